The van der Waals surface area contributed by atoms with Crippen LogP contribution in [0.3, 0.4) is 0 Å². The van der Waals surface area contributed by atoms with Crippen LogP contribution in [0.15, 0.2) is 30.3 Å². The van der Waals surface area contributed by atoms with E-state index in [0.717, 1.165) is 12.8 Å². The second-order valence-electron chi connectivity index (χ2n) is 5.16. The average molecular weight is 263 g/mol. The van der Waals surface area contributed by atoms with Crippen molar-refractivity contribution in [3.8, 4) is 0 Å². The van der Waals surface area contributed by atoms with Gasteiger partial charge in [0.1, 0.15) is 5.54 Å². The summed E-state index contributed by atoms with van der Waals surface area (Å²) in [6, 6.07) is 9.13. The van der Waals surface area contributed by atoms with Crippen LogP contribution < -0.4 is 5.73 Å². The second kappa shape index (κ2) is 7.95. The highest BCUT2D eigenvalue weighted by molar-refractivity contribution is 5.80. The number of carboxylic acids is 1. The van der Waals surface area contributed by atoms with E-state index in [1.807, 2.05) is 18.2 Å². The van der Waals surface area contributed by atoms with Crippen LogP contribution in [0.5, 0.6) is 0 Å². The Labute approximate surface area is 115 Å². The number of aliphatic carboxylic acids is 1. The molecule has 0 aliphatic carbocycles. The molecular formula is C16H25NO2. The SMILES string of the molecule is CCCCCCCCC(N)(C(=O)O)c1ccccc1. The molecule has 1 aromatic rings. The zero-order valence-corrected chi connectivity index (χ0v) is 11.8. The van der Waals surface area contributed by atoms with Gasteiger partial charge >= 0.3 is 5.97 Å². The number of rotatable bonds is 9. The molecule has 19 heavy (non-hydrogen) atoms. The molecule has 1 atom stereocenters. The quantitative estimate of drug-likeness (QED) is 0.668. The molecule has 0 spiro atoms. The predicted molar refractivity (Wildman–Crippen MR) is 77.9 cm³/mol. The van der Waals surface area contributed by atoms with Gasteiger partial charge in [0.25, 0.3) is 0 Å². The maximum Gasteiger partial charge on any atom is 0.328 e. The first-order chi connectivity index (χ1) is 9.11. The van der Waals surface area contributed by atoms with E-state index in [4.69, 9.17) is 5.73 Å². The molecule has 0 aliphatic heterocycles. The number of unbranched alkanes of at least 4 members (excludes halogenated alkanes) is 5. The van der Waals surface area contributed by atoms with E-state index < -0.39 is 11.5 Å². The third-order valence-corrected chi connectivity index (χ3v) is 3.60. The lowest BCUT2D eigenvalue weighted by Gasteiger charge is -2.25. The molecule has 1 unspecified atom stereocenters. The average Bonchev–Trinajstić information content (AvgIpc) is 2.43. The van der Waals surface area contributed by atoms with Crippen molar-refractivity contribution in [2.75, 3.05) is 0 Å². The molecule has 3 nitrogen and oxygen atoms in total. The molecule has 0 aliphatic rings. The molecule has 0 heterocycles. The first-order valence-electron chi connectivity index (χ1n) is 7.19. The zero-order valence-electron chi connectivity index (χ0n) is 11.8. The smallest absolute Gasteiger partial charge is 0.328 e. The molecule has 0 fully saturated rings. The summed E-state index contributed by atoms with van der Waals surface area (Å²) < 4.78 is 0. The van der Waals surface area contributed by atoms with Gasteiger partial charge in [0, 0.05) is 0 Å². The molecule has 0 aromatic heterocycles. The number of nitrogens with two attached hydrogens (primary N) is 1. The Morgan fingerprint density at radius 1 is 1.11 bits per heavy atom. The van der Waals surface area contributed by atoms with Crippen LogP contribution >= 0.6 is 0 Å². The Bertz CT molecular complexity index is 378. The summed E-state index contributed by atoms with van der Waals surface area (Å²) in [5.74, 6) is -0.938. The van der Waals surface area contributed by atoms with Gasteiger partial charge in [0.05, 0.1) is 0 Å². The van der Waals surface area contributed by atoms with Gasteiger partial charge in [-0.3, -0.25) is 0 Å². The number of benzene rings is 1. The van der Waals surface area contributed by atoms with E-state index >= 15 is 0 Å². The van der Waals surface area contributed by atoms with Crippen LogP contribution in [0.2, 0.25) is 0 Å². The van der Waals surface area contributed by atoms with Crippen molar-refractivity contribution in [1.29, 1.82) is 0 Å². The van der Waals surface area contributed by atoms with E-state index in [-0.39, 0.29) is 0 Å². The minimum absolute atomic E-state index is 0.498. The summed E-state index contributed by atoms with van der Waals surface area (Å²) in [5, 5.41) is 9.40. The Kier molecular flexibility index (Phi) is 6.57. The number of hydrogen-bond acceptors (Lipinski definition) is 2. The van der Waals surface area contributed by atoms with Crippen molar-refractivity contribution in [3.05, 3.63) is 35.9 Å². The van der Waals surface area contributed by atoms with Crippen LogP contribution in [-0.4, -0.2) is 11.1 Å². The zero-order chi connectivity index (χ0) is 14.1. The summed E-state index contributed by atoms with van der Waals surface area (Å²) in [4.78, 5) is 11.5. The van der Waals surface area contributed by atoms with Crippen LogP contribution in [0.4, 0.5) is 0 Å². The minimum Gasteiger partial charge on any atom is -0.480 e. The highest BCUT2D eigenvalue weighted by atomic mass is 16.4. The van der Waals surface area contributed by atoms with Gasteiger partial charge in [-0.15, -0.1) is 0 Å². The van der Waals surface area contributed by atoms with Crippen LogP contribution in [0.1, 0.15) is 57.4 Å². The lowest BCUT2D eigenvalue weighted by atomic mass is 9.85. The minimum atomic E-state index is -1.24. The standard InChI is InChI=1S/C16H25NO2/c1-2-3-4-5-6-10-13-16(17,15(18)19)14-11-8-7-9-12-14/h7-9,11-12H,2-6,10,13,17H2,1H3,(H,18,19). The Morgan fingerprint density at radius 3 is 2.26 bits per heavy atom. The summed E-state index contributed by atoms with van der Waals surface area (Å²) in [6.45, 7) is 2.19. The first kappa shape index (κ1) is 15.7. The fraction of sp³-hybridized carbons (Fsp3) is 0.562. The maximum absolute atomic E-state index is 11.5. The monoisotopic (exact) mass is 263 g/mol. The molecule has 0 bridgehead atoms. The third-order valence-electron chi connectivity index (χ3n) is 3.60. The topological polar surface area (TPSA) is 63.3 Å². The highest BCUT2D eigenvalue weighted by Gasteiger charge is 2.35. The summed E-state index contributed by atoms with van der Waals surface area (Å²) in [5.41, 5.74) is 5.55. The van der Waals surface area contributed by atoms with Gasteiger partial charge in [0.15, 0.2) is 0 Å². The van der Waals surface area contributed by atoms with Gasteiger partial charge in [-0.05, 0) is 12.0 Å². The van der Waals surface area contributed by atoms with E-state index in [1.165, 1.54) is 25.7 Å². The van der Waals surface area contributed by atoms with E-state index in [9.17, 15) is 9.90 Å². The van der Waals surface area contributed by atoms with E-state index in [0.29, 0.717) is 12.0 Å². The first-order valence-corrected chi connectivity index (χ1v) is 7.19. The third kappa shape index (κ3) is 4.67. The molecule has 0 saturated heterocycles. The number of carbonyl (C=O) groups is 1. The molecule has 0 amide bonds. The number of hydrogen-bond donors (Lipinski definition) is 2. The summed E-state index contributed by atoms with van der Waals surface area (Å²) >= 11 is 0. The fourth-order valence-corrected chi connectivity index (χ4v) is 2.29. The Morgan fingerprint density at radius 2 is 1.68 bits per heavy atom. The molecular weight excluding hydrogens is 238 g/mol. The van der Waals surface area contributed by atoms with Crippen molar-refractivity contribution in [1.82, 2.24) is 0 Å². The molecule has 1 rings (SSSR count). The largest absolute Gasteiger partial charge is 0.480 e. The lowest BCUT2D eigenvalue weighted by Crippen LogP contribution is -2.44. The van der Waals surface area contributed by atoms with Gasteiger partial charge in [-0.25, -0.2) is 4.79 Å². The summed E-state index contributed by atoms with van der Waals surface area (Å²) in [7, 11) is 0. The second-order valence-corrected chi connectivity index (χ2v) is 5.16. The van der Waals surface area contributed by atoms with E-state index in [2.05, 4.69) is 6.92 Å². The van der Waals surface area contributed by atoms with Gasteiger partial charge in [-0.1, -0.05) is 75.8 Å². The maximum atomic E-state index is 11.5. The van der Waals surface area contributed by atoms with Gasteiger partial charge in [-0.2, -0.15) is 0 Å². The Balaban J connectivity index is 2.52. The van der Waals surface area contributed by atoms with Gasteiger partial charge < -0.3 is 10.8 Å². The lowest BCUT2D eigenvalue weighted by molar-refractivity contribution is -0.144. The van der Waals surface area contributed by atoms with Crippen LogP contribution in [-0.2, 0) is 10.3 Å². The van der Waals surface area contributed by atoms with Crippen LogP contribution in [0.25, 0.3) is 0 Å². The van der Waals surface area contributed by atoms with Crippen molar-refractivity contribution in [2.24, 2.45) is 5.73 Å². The normalized spacial score (nSPS) is 14.0. The predicted octanol–water partition coefficient (Wildman–Crippen LogP) is 3.68. The molecule has 1 aromatic carbocycles. The molecule has 0 radical (unpaired) electrons. The number of carboxylic acid groups (broad SMARTS) is 1. The van der Waals surface area contributed by atoms with Crippen LogP contribution in [0, 0.1) is 0 Å². The highest BCUT2D eigenvalue weighted by Crippen LogP contribution is 2.25. The Hall–Kier alpha value is -1.35. The van der Waals surface area contributed by atoms with Crippen molar-refractivity contribution >= 4 is 5.97 Å². The van der Waals surface area contributed by atoms with Crippen molar-refractivity contribution in [3.63, 3.8) is 0 Å². The van der Waals surface area contributed by atoms with Crippen molar-refractivity contribution in [2.45, 2.75) is 57.4 Å². The summed E-state index contributed by atoms with van der Waals surface area (Å²) in [6.07, 6.45) is 7.29. The molecule has 0 saturated carbocycles. The fourth-order valence-electron chi connectivity index (χ4n) is 2.29. The molecule has 3 N–H and O–H groups in total. The molecule has 106 valence electrons. The van der Waals surface area contributed by atoms with Crippen molar-refractivity contribution < 1.29 is 9.90 Å². The van der Waals surface area contributed by atoms with Gasteiger partial charge in [0.2, 0.25) is 0 Å². The molecule has 3 heteroatoms. The van der Waals surface area contributed by atoms with E-state index in [1.54, 1.807) is 12.1 Å².